The van der Waals surface area contributed by atoms with Crippen LogP contribution in [0.3, 0.4) is 0 Å². The lowest BCUT2D eigenvalue weighted by Crippen LogP contribution is -2.20. The van der Waals surface area contributed by atoms with Gasteiger partial charge in [0.1, 0.15) is 23.5 Å². The SMILES string of the molecule is COc1cc2[nH]ncc2cc1Nc1ncnc2[nH]c3c(c12)CC(SNCc1cccc(C(F)(F)F)c1)CC3. The van der Waals surface area contributed by atoms with Gasteiger partial charge in [0, 0.05) is 28.9 Å². The first-order valence-electron chi connectivity index (χ1n) is 12.1. The van der Waals surface area contributed by atoms with Crippen LogP contribution in [0.1, 0.15) is 28.8 Å². The molecule has 196 valence electrons. The molecule has 8 nitrogen and oxygen atoms in total. The number of benzene rings is 2. The molecule has 5 aromatic rings. The van der Waals surface area contributed by atoms with E-state index < -0.39 is 11.7 Å². The van der Waals surface area contributed by atoms with Gasteiger partial charge in [-0.15, -0.1) is 0 Å². The molecule has 0 radical (unpaired) electrons. The third kappa shape index (κ3) is 4.76. The molecule has 4 N–H and O–H groups in total. The summed E-state index contributed by atoms with van der Waals surface area (Å²) in [5.41, 5.74) is 4.65. The number of methoxy groups -OCH3 is 1. The summed E-state index contributed by atoms with van der Waals surface area (Å²) >= 11 is 1.56. The standard InChI is InChI=1S/C26H24F3N7OS/c1-37-22-10-20-15(12-32-36-20)8-21(22)35-25-23-18-9-17(5-6-19(18)34-24(23)30-13-31-25)38-33-11-14-3-2-4-16(7-14)26(27,28)29/h2-4,7-8,10,12-13,17,33H,5-6,9,11H2,1H3,(H,32,36)(H2,30,31,34,35). The van der Waals surface area contributed by atoms with Crippen LogP contribution in [0.4, 0.5) is 24.7 Å². The molecule has 0 amide bonds. The number of fused-ring (bicyclic) bond motifs is 4. The highest BCUT2D eigenvalue weighted by atomic mass is 32.2. The largest absolute Gasteiger partial charge is 0.494 e. The van der Waals surface area contributed by atoms with Gasteiger partial charge in [-0.3, -0.25) is 9.82 Å². The van der Waals surface area contributed by atoms with E-state index >= 15 is 0 Å². The molecular weight excluding hydrogens is 515 g/mol. The smallest absolute Gasteiger partial charge is 0.416 e. The number of rotatable bonds is 7. The topological polar surface area (TPSA) is 104 Å². The Labute approximate surface area is 219 Å². The average molecular weight is 540 g/mol. The van der Waals surface area contributed by atoms with Crippen molar-refractivity contribution in [2.45, 2.75) is 37.2 Å². The maximum absolute atomic E-state index is 13.0. The van der Waals surface area contributed by atoms with E-state index in [0.717, 1.165) is 64.2 Å². The van der Waals surface area contributed by atoms with Gasteiger partial charge in [0.2, 0.25) is 0 Å². The third-order valence-corrected chi connectivity index (χ3v) is 7.77. The summed E-state index contributed by atoms with van der Waals surface area (Å²) in [4.78, 5) is 12.5. The minimum Gasteiger partial charge on any atom is -0.494 e. The van der Waals surface area contributed by atoms with Crippen molar-refractivity contribution in [2.24, 2.45) is 0 Å². The molecule has 0 spiro atoms. The van der Waals surface area contributed by atoms with E-state index in [1.165, 1.54) is 18.5 Å². The number of anilines is 2. The minimum atomic E-state index is -4.35. The number of ether oxygens (including phenoxy) is 1. The summed E-state index contributed by atoms with van der Waals surface area (Å²) in [6.07, 6.45) is 1.48. The first-order chi connectivity index (χ1) is 18.4. The van der Waals surface area contributed by atoms with Crippen LogP contribution < -0.4 is 14.8 Å². The van der Waals surface area contributed by atoms with Crippen molar-refractivity contribution < 1.29 is 17.9 Å². The number of nitrogens with zero attached hydrogens (tertiary/aromatic N) is 3. The fourth-order valence-corrected chi connectivity index (χ4v) is 5.84. The first kappa shape index (κ1) is 24.6. The molecule has 6 rings (SSSR count). The zero-order chi connectivity index (χ0) is 26.3. The number of alkyl halides is 3. The molecule has 3 heterocycles. The van der Waals surface area contributed by atoms with Gasteiger partial charge in [-0.25, -0.2) is 9.97 Å². The van der Waals surface area contributed by atoms with E-state index in [-0.39, 0.29) is 5.25 Å². The predicted molar refractivity (Wildman–Crippen MR) is 142 cm³/mol. The number of aromatic amines is 2. The molecule has 1 aliphatic carbocycles. The number of aromatic nitrogens is 5. The zero-order valence-corrected chi connectivity index (χ0v) is 21.1. The lowest BCUT2D eigenvalue weighted by molar-refractivity contribution is -0.137. The van der Waals surface area contributed by atoms with E-state index in [2.05, 4.69) is 35.2 Å². The van der Waals surface area contributed by atoms with Gasteiger partial charge in [0.15, 0.2) is 0 Å². The van der Waals surface area contributed by atoms with E-state index in [1.807, 2.05) is 12.1 Å². The number of hydrogen-bond donors (Lipinski definition) is 4. The van der Waals surface area contributed by atoms with Gasteiger partial charge in [0.05, 0.1) is 35.5 Å². The maximum atomic E-state index is 13.0. The Morgan fingerprint density at radius 1 is 1.18 bits per heavy atom. The molecule has 3 aromatic heterocycles. The Balaban J connectivity index is 1.21. The predicted octanol–water partition coefficient (Wildman–Crippen LogP) is 5.90. The van der Waals surface area contributed by atoms with Crippen LogP contribution in [0, 0.1) is 0 Å². The molecule has 1 atom stereocenters. The van der Waals surface area contributed by atoms with Crippen molar-refractivity contribution in [1.82, 2.24) is 29.9 Å². The van der Waals surface area contributed by atoms with E-state index in [4.69, 9.17) is 4.74 Å². The molecule has 2 aromatic carbocycles. The quantitative estimate of drug-likeness (QED) is 0.191. The molecule has 1 unspecified atom stereocenters. The second kappa shape index (κ2) is 9.84. The Hall–Kier alpha value is -3.77. The Morgan fingerprint density at radius 2 is 2.08 bits per heavy atom. The lowest BCUT2D eigenvalue weighted by Gasteiger charge is -2.22. The Kier molecular flexibility index (Phi) is 6.36. The Morgan fingerprint density at radius 3 is 2.92 bits per heavy atom. The maximum Gasteiger partial charge on any atom is 0.416 e. The summed E-state index contributed by atoms with van der Waals surface area (Å²) in [7, 11) is 1.62. The van der Waals surface area contributed by atoms with Crippen LogP contribution in [0.25, 0.3) is 21.9 Å². The van der Waals surface area contributed by atoms with Crippen LogP contribution in [0.5, 0.6) is 5.75 Å². The van der Waals surface area contributed by atoms with Crippen molar-refractivity contribution in [2.75, 3.05) is 12.4 Å². The Bertz CT molecular complexity index is 1610. The summed E-state index contributed by atoms with van der Waals surface area (Å²) in [6, 6.07) is 9.27. The van der Waals surface area contributed by atoms with Crippen molar-refractivity contribution in [3.8, 4) is 5.75 Å². The highest BCUT2D eigenvalue weighted by Crippen LogP contribution is 2.38. The second-order valence-corrected chi connectivity index (χ2v) is 10.4. The number of hydrogen-bond acceptors (Lipinski definition) is 7. The molecule has 1 aliphatic rings. The van der Waals surface area contributed by atoms with Gasteiger partial charge in [-0.1, -0.05) is 30.1 Å². The van der Waals surface area contributed by atoms with Crippen molar-refractivity contribution in [1.29, 1.82) is 0 Å². The van der Waals surface area contributed by atoms with E-state index in [0.29, 0.717) is 23.7 Å². The molecule has 0 fully saturated rings. The summed E-state index contributed by atoms with van der Waals surface area (Å²) in [6.45, 7) is 0.345. The van der Waals surface area contributed by atoms with Gasteiger partial charge in [-0.2, -0.15) is 18.3 Å². The molecule has 0 bridgehead atoms. The van der Waals surface area contributed by atoms with Gasteiger partial charge >= 0.3 is 6.18 Å². The van der Waals surface area contributed by atoms with Crippen LogP contribution in [0.15, 0.2) is 48.9 Å². The molecule has 0 aliphatic heterocycles. The fourth-order valence-electron chi connectivity index (χ4n) is 4.87. The highest BCUT2D eigenvalue weighted by Gasteiger charge is 2.30. The van der Waals surface area contributed by atoms with E-state index in [1.54, 1.807) is 31.3 Å². The van der Waals surface area contributed by atoms with Gasteiger partial charge in [-0.05, 0) is 42.5 Å². The number of nitrogens with one attached hydrogen (secondary N) is 4. The van der Waals surface area contributed by atoms with Crippen LogP contribution in [-0.2, 0) is 25.6 Å². The highest BCUT2D eigenvalue weighted by molar-refractivity contribution is 7.98. The summed E-state index contributed by atoms with van der Waals surface area (Å²) in [5, 5.41) is 12.6. The average Bonchev–Trinajstić information content (AvgIpc) is 3.52. The number of aryl methyl sites for hydroxylation is 1. The molecule has 0 saturated heterocycles. The summed E-state index contributed by atoms with van der Waals surface area (Å²) < 4.78 is 48.0. The van der Waals surface area contributed by atoms with Crippen LogP contribution in [0.2, 0.25) is 0 Å². The van der Waals surface area contributed by atoms with Crippen LogP contribution in [-0.4, -0.2) is 37.5 Å². The summed E-state index contributed by atoms with van der Waals surface area (Å²) in [5.74, 6) is 1.33. The normalized spacial score (nSPS) is 15.6. The van der Waals surface area contributed by atoms with Gasteiger partial charge < -0.3 is 15.0 Å². The second-order valence-electron chi connectivity index (χ2n) is 9.16. The molecule has 38 heavy (non-hydrogen) atoms. The van der Waals surface area contributed by atoms with Crippen LogP contribution >= 0.6 is 11.9 Å². The number of halogens is 3. The van der Waals surface area contributed by atoms with Crippen molar-refractivity contribution in [3.63, 3.8) is 0 Å². The van der Waals surface area contributed by atoms with Crippen molar-refractivity contribution in [3.05, 3.63) is 71.3 Å². The first-order valence-corrected chi connectivity index (χ1v) is 12.9. The molecule has 0 saturated carbocycles. The zero-order valence-electron chi connectivity index (χ0n) is 20.3. The molecule has 12 heteroatoms. The minimum absolute atomic E-state index is 0.247. The third-order valence-electron chi connectivity index (χ3n) is 6.72. The number of H-pyrrole nitrogens is 2. The monoisotopic (exact) mass is 539 g/mol. The lowest BCUT2D eigenvalue weighted by atomic mass is 9.95. The molecular formula is C26H24F3N7OS. The fraction of sp³-hybridized carbons (Fsp3) is 0.269. The van der Waals surface area contributed by atoms with Gasteiger partial charge in [0.25, 0.3) is 0 Å². The van der Waals surface area contributed by atoms with E-state index in [9.17, 15) is 13.2 Å². The van der Waals surface area contributed by atoms with Crippen molar-refractivity contribution >= 4 is 45.4 Å².